The van der Waals surface area contributed by atoms with Gasteiger partial charge in [-0.1, -0.05) is 36.4 Å². The van der Waals surface area contributed by atoms with Crippen LogP contribution in [0, 0.1) is 13.8 Å². The monoisotopic (exact) mass is 377 g/mol. The van der Waals surface area contributed by atoms with Crippen molar-refractivity contribution in [3.63, 3.8) is 0 Å². The number of ketones is 1. The Hall–Kier alpha value is -2.62. The van der Waals surface area contributed by atoms with Crippen molar-refractivity contribution in [2.24, 2.45) is 0 Å². The van der Waals surface area contributed by atoms with Crippen LogP contribution >= 0.6 is 0 Å². The third-order valence-electron chi connectivity index (χ3n) is 6.03. The number of ether oxygens (including phenoxy) is 1. The van der Waals surface area contributed by atoms with Crippen LogP contribution in [0.5, 0.6) is 5.75 Å². The lowest BCUT2D eigenvalue weighted by atomic mass is 9.81. The summed E-state index contributed by atoms with van der Waals surface area (Å²) >= 11 is 0. The second-order valence-corrected chi connectivity index (χ2v) is 8.21. The van der Waals surface area contributed by atoms with E-state index in [4.69, 9.17) is 4.74 Å². The molecule has 1 amide bonds. The molecule has 2 aromatic carbocycles. The van der Waals surface area contributed by atoms with E-state index in [1.54, 1.807) is 0 Å². The molecule has 28 heavy (non-hydrogen) atoms. The lowest BCUT2D eigenvalue weighted by molar-refractivity contribution is -0.134. The molecule has 0 saturated carbocycles. The summed E-state index contributed by atoms with van der Waals surface area (Å²) in [5.74, 6) is 1.08. The summed E-state index contributed by atoms with van der Waals surface area (Å²) in [6.07, 6.45) is 3.13. The van der Waals surface area contributed by atoms with Crippen molar-refractivity contribution in [1.29, 1.82) is 0 Å². The second kappa shape index (κ2) is 7.42. The lowest BCUT2D eigenvalue weighted by Gasteiger charge is -2.44. The van der Waals surface area contributed by atoms with Gasteiger partial charge >= 0.3 is 0 Å². The summed E-state index contributed by atoms with van der Waals surface area (Å²) in [4.78, 5) is 27.3. The number of carbonyl (C=O) groups excluding carboxylic acids is 2. The van der Waals surface area contributed by atoms with Gasteiger partial charge in [-0.25, -0.2) is 0 Å². The van der Waals surface area contributed by atoms with Crippen LogP contribution in [0.3, 0.4) is 0 Å². The Morgan fingerprint density at radius 1 is 1.11 bits per heavy atom. The molecule has 0 N–H and O–H groups in total. The van der Waals surface area contributed by atoms with Crippen molar-refractivity contribution in [2.75, 3.05) is 13.1 Å². The van der Waals surface area contributed by atoms with Crippen LogP contribution in [-0.2, 0) is 11.2 Å². The van der Waals surface area contributed by atoms with Gasteiger partial charge in [0.05, 0.1) is 12.0 Å². The van der Waals surface area contributed by atoms with E-state index in [9.17, 15) is 9.59 Å². The van der Waals surface area contributed by atoms with Crippen LogP contribution in [0.15, 0.2) is 42.5 Å². The minimum atomic E-state index is -0.458. The predicted molar refractivity (Wildman–Crippen MR) is 109 cm³/mol. The minimum absolute atomic E-state index is 0.169. The number of likely N-dealkylation sites (tertiary alicyclic amines) is 1. The number of fused-ring (bicyclic) bond motifs is 1. The molecule has 1 fully saturated rings. The van der Waals surface area contributed by atoms with Crippen LogP contribution in [0.25, 0.3) is 0 Å². The van der Waals surface area contributed by atoms with Crippen molar-refractivity contribution >= 4 is 11.7 Å². The van der Waals surface area contributed by atoms with Crippen molar-refractivity contribution < 1.29 is 14.3 Å². The van der Waals surface area contributed by atoms with E-state index in [2.05, 4.69) is 12.1 Å². The van der Waals surface area contributed by atoms with Crippen molar-refractivity contribution in [2.45, 2.75) is 51.6 Å². The first-order valence-corrected chi connectivity index (χ1v) is 10.1. The molecule has 2 heterocycles. The van der Waals surface area contributed by atoms with Crippen LogP contribution < -0.4 is 4.74 Å². The molecular weight excluding hydrogens is 350 g/mol. The van der Waals surface area contributed by atoms with Gasteiger partial charge in [0.1, 0.15) is 11.4 Å². The molecule has 146 valence electrons. The molecule has 2 aromatic rings. The molecule has 0 radical (unpaired) electrons. The topological polar surface area (TPSA) is 46.6 Å². The van der Waals surface area contributed by atoms with E-state index in [1.807, 2.05) is 49.1 Å². The van der Waals surface area contributed by atoms with E-state index in [0.29, 0.717) is 38.8 Å². The number of nitrogens with zero attached hydrogens (tertiary/aromatic N) is 1. The third-order valence-corrected chi connectivity index (χ3v) is 6.03. The van der Waals surface area contributed by atoms with E-state index < -0.39 is 5.60 Å². The first kappa shape index (κ1) is 18.7. The van der Waals surface area contributed by atoms with Gasteiger partial charge in [-0.15, -0.1) is 0 Å². The molecule has 1 spiro atoms. The molecule has 4 rings (SSSR count). The van der Waals surface area contributed by atoms with Crippen LogP contribution in [-0.4, -0.2) is 35.3 Å². The molecule has 2 aliphatic rings. The quantitative estimate of drug-likeness (QED) is 0.803. The maximum atomic E-state index is 12.8. The highest BCUT2D eigenvalue weighted by molar-refractivity contribution is 6.01. The van der Waals surface area contributed by atoms with Gasteiger partial charge in [-0.2, -0.15) is 0 Å². The average Bonchev–Trinajstić information content (AvgIpc) is 2.66. The zero-order valence-electron chi connectivity index (χ0n) is 16.7. The fourth-order valence-corrected chi connectivity index (χ4v) is 4.51. The molecule has 0 unspecified atom stereocenters. The zero-order chi connectivity index (χ0) is 19.7. The molecule has 4 nitrogen and oxygen atoms in total. The Kier molecular flexibility index (Phi) is 4.96. The molecule has 0 atom stereocenters. The zero-order valence-corrected chi connectivity index (χ0v) is 16.7. The molecular formula is C24H27NO3. The number of piperidine rings is 1. The van der Waals surface area contributed by atoms with Gasteiger partial charge in [0.2, 0.25) is 5.91 Å². The lowest BCUT2D eigenvalue weighted by Crippen LogP contribution is -2.52. The maximum Gasteiger partial charge on any atom is 0.222 e. The predicted octanol–water partition coefficient (Wildman–Crippen LogP) is 4.26. The number of carbonyl (C=O) groups is 2. The van der Waals surface area contributed by atoms with E-state index in [-0.39, 0.29) is 11.7 Å². The number of amides is 1. The van der Waals surface area contributed by atoms with E-state index >= 15 is 0 Å². The molecule has 2 aliphatic heterocycles. The van der Waals surface area contributed by atoms with E-state index in [0.717, 1.165) is 28.9 Å². The summed E-state index contributed by atoms with van der Waals surface area (Å²) in [6, 6.07) is 14.1. The first-order chi connectivity index (χ1) is 13.5. The molecule has 0 aromatic heterocycles. The van der Waals surface area contributed by atoms with Gasteiger partial charge in [0, 0.05) is 32.4 Å². The van der Waals surface area contributed by atoms with Crippen LogP contribution in [0.2, 0.25) is 0 Å². The number of rotatable bonds is 3. The smallest absolute Gasteiger partial charge is 0.222 e. The van der Waals surface area contributed by atoms with Gasteiger partial charge in [-0.05, 0) is 43.0 Å². The molecule has 1 saturated heterocycles. The van der Waals surface area contributed by atoms with Gasteiger partial charge < -0.3 is 9.64 Å². The third kappa shape index (κ3) is 3.68. The Balaban J connectivity index is 1.39. The van der Waals surface area contributed by atoms with Gasteiger partial charge in [-0.3, -0.25) is 9.59 Å². The second-order valence-electron chi connectivity index (χ2n) is 8.21. The fraction of sp³-hybridized carbons (Fsp3) is 0.417. The summed E-state index contributed by atoms with van der Waals surface area (Å²) in [5, 5.41) is 0. The fourth-order valence-electron chi connectivity index (χ4n) is 4.51. The normalized spacial score (nSPS) is 17.9. The maximum absolute atomic E-state index is 12.8. The summed E-state index contributed by atoms with van der Waals surface area (Å²) < 4.78 is 6.39. The summed E-state index contributed by atoms with van der Waals surface area (Å²) in [7, 11) is 0. The van der Waals surface area contributed by atoms with Gasteiger partial charge in [0.25, 0.3) is 0 Å². The molecule has 0 aliphatic carbocycles. The number of aryl methyl sites for hydroxylation is 3. The molecule has 0 bridgehead atoms. The number of benzene rings is 2. The standard InChI is InChI=1S/C24H27NO3/c1-17-14-18(2)23-20(26)16-24(28-21(23)15-17)10-12-25(13-11-24)22(27)9-8-19-6-4-3-5-7-19/h3-7,14-15H,8-13,16H2,1-2H3. The Labute approximate surface area is 166 Å². The largest absolute Gasteiger partial charge is 0.486 e. The first-order valence-electron chi connectivity index (χ1n) is 10.1. The highest BCUT2D eigenvalue weighted by Gasteiger charge is 2.44. The number of Topliss-reactive ketones (excluding diaryl/α,β-unsaturated/α-hetero) is 1. The van der Waals surface area contributed by atoms with Crippen molar-refractivity contribution in [3.05, 3.63) is 64.7 Å². The minimum Gasteiger partial charge on any atom is -0.486 e. The van der Waals surface area contributed by atoms with Crippen LogP contribution in [0.1, 0.15) is 52.7 Å². The Morgan fingerprint density at radius 3 is 2.54 bits per heavy atom. The Bertz CT molecular complexity index is 896. The van der Waals surface area contributed by atoms with Gasteiger partial charge in [0.15, 0.2) is 5.78 Å². The SMILES string of the molecule is Cc1cc(C)c2c(c1)OC1(CCN(C(=O)CCc3ccccc3)CC1)CC2=O. The van der Waals surface area contributed by atoms with E-state index in [1.165, 1.54) is 5.56 Å². The number of hydrogen-bond acceptors (Lipinski definition) is 3. The van der Waals surface area contributed by atoms with Crippen LogP contribution in [0.4, 0.5) is 0 Å². The molecule has 4 heteroatoms. The average molecular weight is 377 g/mol. The Morgan fingerprint density at radius 2 is 1.82 bits per heavy atom. The van der Waals surface area contributed by atoms with Crippen molar-refractivity contribution in [1.82, 2.24) is 4.90 Å². The summed E-state index contributed by atoms with van der Waals surface area (Å²) in [6.45, 7) is 5.30. The number of hydrogen-bond donors (Lipinski definition) is 0. The highest BCUT2D eigenvalue weighted by atomic mass is 16.5. The summed E-state index contributed by atoms with van der Waals surface area (Å²) in [5.41, 5.74) is 3.56. The highest BCUT2D eigenvalue weighted by Crippen LogP contribution is 2.41. The van der Waals surface area contributed by atoms with Crippen molar-refractivity contribution in [3.8, 4) is 5.75 Å².